The summed E-state index contributed by atoms with van der Waals surface area (Å²) in [6, 6.07) is 6.14. The molecule has 0 bridgehead atoms. The first-order valence-corrected chi connectivity index (χ1v) is 8.74. The number of hydrogen-bond donors (Lipinski definition) is 4. The molecule has 0 spiro atoms. The van der Waals surface area contributed by atoms with Crippen LogP contribution in [-0.4, -0.2) is 37.1 Å². The van der Waals surface area contributed by atoms with E-state index >= 15 is 0 Å². The van der Waals surface area contributed by atoms with Crippen molar-refractivity contribution >= 4 is 17.8 Å². The van der Waals surface area contributed by atoms with Gasteiger partial charge in [-0.05, 0) is 36.8 Å². The zero-order valence-electron chi connectivity index (χ0n) is 14.7. The number of nitrogens with two attached hydrogens (primary N) is 1. The third-order valence-corrected chi connectivity index (χ3v) is 5.12. The van der Waals surface area contributed by atoms with Crippen LogP contribution in [0.4, 0.5) is 4.79 Å². The highest BCUT2D eigenvalue weighted by Crippen LogP contribution is 2.24. The minimum Gasteiger partial charge on any atom is -0.381 e. The summed E-state index contributed by atoms with van der Waals surface area (Å²) in [5.74, 6) is -0.406. The van der Waals surface area contributed by atoms with E-state index in [1.165, 1.54) is 0 Å². The highest BCUT2D eigenvalue weighted by atomic mass is 16.5. The van der Waals surface area contributed by atoms with E-state index < -0.39 is 17.6 Å². The number of nitrogens with one attached hydrogen (secondary N) is 3. The molecule has 8 heteroatoms. The fourth-order valence-corrected chi connectivity index (χ4v) is 3.30. The minimum atomic E-state index is -1.08. The predicted octanol–water partition coefficient (Wildman–Crippen LogP) is 0.111. The largest absolute Gasteiger partial charge is 0.381 e. The molecule has 4 amide bonds. The van der Waals surface area contributed by atoms with Crippen LogP contribution in [0.3, 0.4) is 0 Å². The Balaban J connectivity index is 1.57. The lowest BCUT2D eigenvalue weighted by Gasteiger charge is -2.26. The monoisotopic (exact) mass is 360 g/mol. The van der Waals surface area contributed by atoms with E-state index in [9.17, 15) is 14.4 Å². The maximum absolute atomic E-state index is 12.2. The maximum atomic E-state index is 12.2. The third kappa shape index (κ3) is 3.71. The number of hydrogen-bond acceptors (Lipinski definition) is 5. The number of imide groups is 1. The SMILES string of the molecule is CC1(c2ccc(CNC(=O)C(N)C3CCOCC3)cc2)NC(=O)NC1=O. The Morgan fingerprint density at radius 3 is 2.54 bits per heavy atom. The van der Waals surface area contributed by atoms with Crippen LogP contribution in [0.25, 0.3) is 0 Å². The molecule has 8 nitrogen and oxygen atoms in total. The highest BCUT2D eigenvalue weighted by Gasteiger charge is 2.43. The Hall–Kier alpha value is -2.45. The van der Waals surface area contributed by atoms with Crippen molar-refractivity contribution in [1.29, 1.82) is 0 Å². The van der Waals surface area contributed by atoms with Crippen molar-refractivity contribution < 1.29 is 19.1 Å². The molecule has 1 aromatic carbocycles. The van der Waals surface area contributed by atoms with Crippen molar-refractivity contribution in [3.8, 4) is 0 Å². The Morgan fingerprint density at radius 2 is 1.96 bits per heavy atom. The van der Waals surface area contributed by atoms with Crippen LogP contribution in [0.5, 0.6) is 0 Å². The van der Waals surface area contributed by atoms with Crippen molar-refractivity contribution in [2.24, 2.45) is 11.7 Å². The smallest absolute Gasteiger partial charge is 0.322 e. The molecule has 2 unspecified atom stereocenters. The Kier molecular flexibility index (Phi) is 5.24. The first-order chi connectivity index (χ1) is 12.4. The normalized spacial score (nSPS) is 24.7. The molecule has 140 valence electrons. The second kappa shape index (κ2) is 7.43. The quantitative estimate of drug-likeness (QED) is 0.555. The molecular weight excluding hydrogens is 336 g/mol. The minimum absolute atomic E-state index is 0.149. The van der Waals surface area contributed by atoms with Crippen molar-refractivity contribution in [2.75, 3.05) is 13.2 Å². The van der Waals surface area contributed by atoms with E-state index in [0.717, 1.165) is 18.4 Å². The molecular formula is C18H24N4O4. The van der Waals surface area contributed by atoms with Gasteiger partial charge in [0.1, 0.15) is 5.54 Å². The molecule has 2 atom stereocenters. The van der Waals surface area contributed by atoms with Crippen LogP contribution < -0.4 is 21.7 Å². The summed E-state index contributed by atoms with van der Waals surface area (Å²) >= 11 is 0. The first-order valence-electron chi connectivity index (χ1n) is 8.74. The molecule has 0 aromatic heterocycles. The fraction of sp³-hybridized carbons (Fsp3) is 0.500. The van der Waals surface area contributed by atoms with Crippen LogP contribution in [0.1, 0.15) is 30.9 Å². The summed E-state index contributed by atoms with van der Waals surface area (Å²) in [6.07, 6.45) is 1.60. The van der Waals surface area contributed by atoms with E-state index in [-0.39, 0.29) is 17.7 Å². The van der Waals surface area contributed by atoms with E-state index in [4.69, 9.17) is 10.5 Å². The number of carbonyl (C=O) groups excluding carboxylic acids is 3. The van der Waals surface area contributed by atoms with Crippen molar-refractivity contribution in [3.05, 3.63) is 35.4 Å². The van der Waals surface area contributed by atoms with Gasteiger partial charge in [-0.25, -0.2) is 4.79 Å². The summed E-state index contributed by atoms with van der Waals surface area (Å²) in [4.78, 5) is 35.6. The van der Waals surface area contributed by atoms with Gasteiger partial charge in [-0.1, -0.05) is 24.3 Å². The van der Waals surface area contributed by atoms with Crippen LogP contribution in [0.15, 0.2) is 24.3 Å². The topological polar surface area (TPSA) is 123 Å². The number of amides is 4. The van der Waals surface area contributed by atoms with Gasteiger partial charge in [-0.15, -0.1) is 0 Å². The van der Waals surface area contributed by atoms with Gasteiger partial charge in [0.15, 0.2) is 0 Å². The molecule has 5 N–H and O–H groups in total. The fourth-order valence-electron chi connectivity index (χ4n) is 3.30. The molecule has 2 aliphatic heterocycles. The Labute approximate surface area is 151 Å². The number of rotatable bonds is 5. The lowest BCUT2D eigenvalue weighted by Crippen LogP contribution is -2.46. The molecule has 1 aromatic rings. The standard InChI is InChI=1S/C18H24N4O4/c1-18(16(24)21-17(25)22-18)13-4-2-11(3-5-13)10-20-15(23)14(19)12-6-8-26-9-7-12/h2-5,12,14H,6-10,19H2,1H3,(H,20,23)(H2,21,22,24,25). The second-order valence-electron chi connectivity index (χ2n) is 6.92. The Morgan fingerprint density at radius 1 is 1.31 bits per heavy atom. The predicted molar refractivity (Wildman–Crippen MR) is 93.8 cm³/mol. The van der Waals surface area contributed by atoms with Gasteiger partial charge in [0.25, 0.3) is 5.91 Å². The average Bonchev–Trinajstić information content (AvgIpc) is 2.93. The van der Waals surface area contributed by atoms with Gasteiger partial charge >= 0.3 is 6.03 Å². The maximum Gasteiger partial charge on any atom is 0.322 e. The summed E-state index contributed by atoms with van der Waals surface area (Å²) in [5, 5.41) is 7.71. The van der Waals surface area contributed by atoms with Gasteiger partial charge < -0.3 is 21.1 Å². The molecule has 2 aliphatic rings. The second-order valence-corrected chi connectivity index (χ2v) is 6.92. The highest BCUT2D eigenvalue weighted by molar-refractivity contribution is 6.07. The third-order valence-electron chi connectivity index (χ3n) is 5.12. The number of ether oxygens (including phenoxy) is 1. The van der Waals surface area contributed by atoms with Crippen LogP contribution in [0.2, 0.25) is 0 Å². The van der Waals surface area contributed by atoms with E-state index in [1.54, 1.807) is 19.1 Å². The van der Waals surface area contributed by atoms with Crippen molar-refractivity contribution in [1.82, 2.24) is 16.0 Å². The summed E-state index contributed by atoms with van der Waals surface area (Å²) < 4.78 is 5.29. The molecule has 2 heterocycles. The molecule has 2 saturated heterocycles. The van der Waals surface area contributed by atoms with E-state index in [2.05, 4.69) is 16.0 Å². The first kappa shape index (κ1) is 18.3. The lowest BCUT2D eigenvalue weighted by atomic mass is 9.91. The van der Waals surface area contributed by atoms with Crippen molar-refractivity contribution in [3.63, 3.8) is 0 Å². The van der Waals surface area contributed by atoms with Crippen LogP contribution in [-0.2, 0) is 26.4 Å². The van der Waals surface area contributed by atoms with Gasteiger partial charge in [0.05, 0.1) is 6.04 Å². The molecule has 2 fully saturated rings. The molecule has 0 radical (unpaired) electrons. The van der Waals surface area contributed by atoms with Crippen molar-refractivity contribution in [2.45, 2.75) is 37.9 Å². The molecule has 3 rings (SSSR count). The van der Waals surface area contributed by atoms with Gasteiger partial charge in [-0.2, -0.15) is 0 Å². The zero-order chi connectivity index (χ0) is 18.7. The summed E-state index contributed by atoms with van der Waals surface area (Å²) in [7, 11) is 0. The van der Waals surface area contributed by atoms with Gasteiger partial charge in [0.2, 0.25) is 5.91 Å². The van der Waals surface area contributed by atoms with E-state index in [1.807, 2.05) is 12.1 Å². The number of urea groups is 1. The number of carbonyl (C=O) groups is 3. The van der Waals surface area contributed by atoms with Crippen LogP contribution >= 0.6 is 0 Å². The molecule has 26 heavy (non-hydrogen) atoms. The Bertz CT molecular complexity index is 700. The summed E-state index contributed by atoms with van der Waals surface area (Å²) in [6.45, 7) is 3.30. The lowest BCUT2D eigenvalue weighted by molar-refractivity contribution is -0.124. The molecule has 0 aliphatic carbocycles. The zero-order valence-corrected chi connectivity index (χ0v) is 14.7. The summed E-state index contributed by atoms with van der Waals surface area (Å²) in [5.41, 5.74) is 6.54. The van der Waals surface area contributed by atoms with Crippen LogP contribution in [0, 0.1) is 5.92 Å². The average molecular weight is 360 g/mol. The molecule has 0 saturated carbocycles. The van der Waals surface area contributed by atoms with E-state index in [0.29, 0.717) is 25.3 Å². The number of benzene rings is 1. The van der Waals surface area contributed by atoms with Gasteiger partial charge in [0, 0.05) is 19.8 Å². The van der Waals surface area contributed by atoms with Gasteiger partial charge in [-0.3, -0.25) is 14.9 Å².